The Bertz CT molecular complexity index is 259. The number of likely N-dealkylation sites (tertiary alicyclic amines) is 1. The van der Waals surface area contributed by atoms with Crippen LogP contribution in [0.5, 0.6) is 0 Å². The van der Waals surface area contributed by atoms with E-state index in [0.717, 1.165) is 0 Å². The Hall–Kier alpha value is -0.900. The summed E-state index contributed by atoms with van der Waals surface area (Å²) >= 11 is 0. The minimum absolute atomic E-state index is 0.0271. The second-order valence-electron chi connectivity index (χ2n) is 4.68. The van der Waals surface area contributed by atoms with Gasteiger partial charge in [-0.15, -0.1) is 0 Å². The number of hydrogen-bond donors (Lipinski definition) is 1. The quantitative estimate of drug-likeness (QED) is 0.672. The second kappa shape index (κ2) is 3.69. The van der Waals surface area contributed by atoms with E-state index < -0.39 is 5.41 Å². The fourth-order valence-corrected chi connectivity index (χ4v) is 1.59. The first kappa shape index (κ1) is 11.2. The van der Waals surface area contributed by atoms with E-state index in [4.69, 9.17) is 5.73 Å². The lowest BCUT2D eigenvalue weighted by Gasteiger charge is -2.18. The van der Waals surface area contributed by atoms with Crippen molar-refractivity contribution in [3.8, 4) is 0 Å². The molecule has 0 aliphatic carbocycles. The van der Waals surface area contributed by atoms with E-state index in [-0.39, 0.29) is 17.9 Å². The van der Waals surface area contributed by atoms with Crippen LogP contribution in [0.4, 0.5) is 0 Å². The SMILES string of the molecule is CC(N)CCN1C(=O)CC(C)(C)C1=O. The van der Waals surface area contributed by atoms with Gasteiger partial charge in [0.1, 0.15) is 0 Å². The van der Waals surface area contributed by atoms with Crippen LogP contribution < -0.4 is 5.73 Å². The van der Waals surface area contributed by atoms with Gasteiger partial charge < -0.3 is 5.73 Å². The first-order valence-corrected chi connectivity index (χ1v) is 4.95. The van der Waals surface area contributed by atoms with Crippen molar-refractivity contribution in [2.75, 3.05) is 6.54 Å². The number of hydrogen-bond acceptors (Lipinski definition) is 3. The van der Waals surface area contributed by atoms with E-state index in [1.165, 1.54) is 4.90 Å². The molecule has 4 heteroatoms. The number of carbonyl (C=O) groups is 2. The first-order valence-electron chi connectivity index (χ1n) is 4.95. The van der Waals surface area contributed by atoms with Crippen LogP contribution >= 0.6 is 0 Å². The molecule has 1 aliphatic rings. The Kier molecular flexibility index (Phi) is 2.95. The van der Waals surface area contributed by atoms with Gasteiger partial charge in [-0.05, 0) is 13.3 Å². The van der Waals surface area contributed by atoms with Gasteiger partial charge in [-0.3, -0.25) is 14.5 Å². The topological polar surface area (TPSA) is 63.4 Å². The summed E-state index contributed by atoms with van der Waals surface area (Å²) in [5.41, 5.74) is 5.06. The molecule has 1 fully saturated rings. The van der Waals surface area contributed by atoms with Gasteiger partial charge >= 0.3 is 0 Å². The van der Waals surface area contributed by atoms with Crippen LogP contribution in [0.3, 0.4) is 0 Å². The molecule has 0 aromatic rings. The highest BCUT2D eigenvalue weighted by molar-refractivity contribution is 6.05. The molecule has 1 atom stereocenters. The van der Waals surface area contributed by atoms with Gasteiger partial charge in [-0.1, -0.05) is 13.8 Å². The molecular weight excluding hydrogens is 180 g/mol. The molecule has 4 nitrogen and oxygen atoms in total. The van der Waals surface area contributed by atoms with Gasteiger partial charge in [-0.25, -0.2) is 0 Å². The monoisotopic (exact) mass is 198 g/mol. The second-order valence-corrected chi connectivity index (χ2v) is 4.68. The van der Waals surface area contributed by atoms with Crippen molar-refractivity contribution in [3.63, 3.8) is 0 Å². The van der Waals surface area contributed by atoms with Crippen molar-refractivity contribution in [2.24, 2.45) is 11.1 Å². The van der Waals surface area contributed by atoms with Crippen molar-refractivity contribution >= 4 is 11.8 Å². The number of imide groups is 1. The summed E-state index contributed by atoms with van der Waals surface area (Å²) in [4.78, 5) is 24.5. The summed E-state index contributed by atoms with van der Waals surface area (Å²) < 4.78 is 0. The van der Waals surface area contributed by atoms with Gasteiger partial charge in [0.05, 0.1) is 5.41 Å². The largest absolute Gasteiger partial charge is 0.328 e. The lowest BCUT2D eigenvalue weighted by atomic mass is 9.92. The lowest BCUT2D eigenvalue weighted by Crippen LogP contribution is -2.36. The summed E-state index contributed by atoms with van der Waals surface area (Å²) in [6, 6.07) is 0.0271. The maximum atomic E-state index is 11.7. The minimum atomic E-state index is -0.519. The smallest absolute Gasteiger partial charge is 0.235 e. The zero-order chi connectivity index (χ0) is 10.9. The standard InChI is InChI=1S/C10H18N2O2/c1-7(11)4-5-12-8(13)6-10(2,3)9(12)14/h7H,4-6,11H2,1-3H3. The molecule has 0 radical (unpaired) electrons. The Morgan fingerprint density at radius 2 is 2.07 bits per heavy atom. The summed E-state index contributed by atoms with van der Waals surface area (Å²) in [6.45, 7) is 5.94. The molecule has 0 aromatic carbocycles. The fourth-order valence-electron chi connectivity index (χ4n) is 1.59. The summed E-state index contributed by atoms with van der Waals surface area (Å²) in [7, 11) is 0. The van der Waals surface area contributed by atoms with E-state index in [2.05, 4.69) is 0 Å². The van der Waals surface area contributed by atoms with Crippen LogP contribution in [-0.4, -0.2) is 29.3 Å². The van der Waals surface area contributed by atoms with Gasteiger partial charge in [-0.2, -0.15) is 0 Å². The lowest BCUT2D eigenvalue weighted by molar-refractivity contribution is -0.140. The summed E-state index contributed by atoms with van der Waals surface area (Å²) in [6.07, 6.45) is 0.998. The van der Waals surface area contributed by atoms with Gasteiger partial charge in [0, 0.05) is 19.0 Å². The van der Waals surface area contributed by atoms with Crippen molar-refractivity contribution in [3.05, 3.63) is 0 Å². The minimum Gasteiger partial charge on any atom is -0.328 e. The average molecular weight is 198 g/mol. The predicted molar refractivity (Wildman–Crippen MR) is 53.4 cm³/mol. The van der Waals surface area contributed by atoms with Crippen LogP contribution in [0.2, 0.25) is 0 Å². The predicted octanol–water partition coefficient (Wildman–Crippen LogP) is 0.509. The normalized spacial score (nSPS) is 23.0. The maximum Gasteiger partial charge on any atom is 0.235 e. The Labute approximate surface area is 84.4 Å². The molecule has 1 unspecified atom stereocenters. The van der Waals surface area contributed by atoms with Crippen LogP contribution in [0.25, 0.3) is 0 Å². The van der Waals surface area contributed by atoms with Gasteiger partial charge in [0.15, 0.2) is 0 Å². The van der Waals surface area contributed by atoms with E-state index in [1.54, 1.807) is 13.8 Å². The number of rotatable bonds is 3. The van der Waals surface area contributed by atoms with Crippen molar-refractivity contribution in [1.82, 2.24) is 4.90 Å². The third-order valence-electron chi connectivity index (χ3n) is 2.53. The van der Waals surface area contributed by atoms with Crippen LogP contribution in [-0.2, 0) is 9.59 Å². The molecule has 1 rings (SSSR count). The highest BCUT2D eigenvalue weighted by Gasteiger charge is 2.44. The van der Waals surface area contributed by atoms with Gasteiger partial charge in [0.25, 0.3) is 0 Å². The Balaban J connectivity index is 2.62. The number of nitrogens with zero attached hydrogens (tertiary/aromatic N) is 1. The number of amides is 2. The van der Waals surface area contributed by atoms with Crippen LogP contribution in [0, 0.1) is 5.41 Å². The maximum absolute atomic E-state index is 11.7. The average Bonchev–Trinajstić information content (AvgIpc) is 2.19. The van der Waals surface area contributed by atoms with E-state index >= 15 is 0 Å². The highest BCUT2D eigenvalue weighted by Crippen LogP contribution is 2.31. The zero-order valence-corrected chi connectivity index (χ0v) is 9.04. The molecular formula is C10H18N2O2. The molecule has 1 saturated heterocycles. The zero-order valence-electron chi connectivity index (χ0n) is 9.04. The first-order chi connectivity index (χ1) is 6.34. The van der Waals surface area contributed by atoms with E-state index in [1.807, 2.05) is 6.92 Å². The molecule has 0 bridgehead atoms. The summed E-state index contributed by atoms with van der Waals surface area (Å²) in [5, 5.41) is 0. The third kappa shape index (κ3) is 2.12. The molecule has 80 valence electrons. The molecule has 2 amide bonds. The van der Waals surface area contributed by atoms with Gasteiger partial charge in [0.2, 0.25) is 11.8 Å². The molecule has 0 spiro atoms. The Morgan fingerprint density at radius 3 is 2.43 bits per heavy atom. The molecule has 14 heavy (non-hydrogen) atoms. The fraction of sp³-hybridized carbons (Fsp3) is 0.800. The van der Waals surface area contributed by atoms with E-state index in [0.29, 0.717) is 19.4 Å². The number of carbonyl (C=O) groups excluding carboxylic acids is 2. The highest BCUT2D eigenvalue weighted by atomic mass is 16.2. The van der Waals surface area contributed by atoms with Crippen molar-refractivity contribution in [1.29, 1.82) is 0 Å². The molecule has 1 aliphatic heterocycles. The molecule has 1 heterocycles. The van der Waals surface area contributed by atoms with Crippen molar-refractivity contribution in [2.45, 2.75) is 39.7 Å². The number of nitrogens with two attached hydrogens (primary N) is 1. The van der Waals surface area contributed by atoms with Crippen molar-refractivity contribution < 1.29 is 9.59 Å². The molecule has 0 aromatic heterocycles. The molecule has 2 N–H and O–H groups in total. The Morgan fingerprint density at radius 1 is 1.50 bits per heavy atom. The van der Waals surface area contributed by atoms with E-state index in [9.17, 15) is 9.59 Å². The molecule has 0 saturated carbocycles. The van der Waals surface area contributed by atoms with Crippen LogP contribution in [0.15, 0.2) is 0 Å². The summed E-state index contributed by atoms with van der Waals surface area (Å²) in [5.74, 6) is -0.135. The third-order valence-corrected chi connectivity index (χ3v) is 2.53. The van der Waals surface area contributed by atoms with Crippen LogP contribution in [0.1, 0.15) is 33.6 Å².